The van der Waals surface area contributed by atoms with Crippen molar-refractivity contribution in [2.24, 2.45) is 0 Å². The molecule has 1 aromatic heterocycles. The van der Waals surface area contributed by atoms with E-state index in [0.717, 1.165) is 0 Å². The summed E-state index contributed by atoms with van der Waals surface area (Å²) in [5, 5.41) is 5.85. The third-order valence-electron chi connectivity index (χ3n) is 3.12. The molecule has 0 saturated heterocycles. The van der Waals surface area contributed by atoms with Gasteiger partial charge in [-0.25, -0.2) is 0 Å². The molecule has 2 amide bonds. The quantitative estimate of drug-likeness (QED) is 0.892. The van der Waals surface area contributed by atoms with Crippen molar-refractivity contribution in [1.82, 2.24) is 4.98 Å². The van der Waals surface area contributed by atoms with Crippen LogP contribution in [0.2, 0.25) is 5.02 Å². The lowest BCUT2D eigenvalue weighted by Crippen LogP contribution is -2.34. The predicted octanol–water partition coefficient (Wildman–Crippen LogP) is 2.71. The van der Waals surface area contributed by atoms with Crippen molar-refractivity contribution in [3.05, 3.63) is 47.2 Å². The molecule has 1 aromatic carbocycles. The van der Waals surface area contributed by atoms with Crippen LogP contribution in [0, 0.1) is 0 Å². The van der Waals surface area contributed by atoms with Crippen LogP contribution in [0.4, 0.5) is 11.4 Å². The van der Waals surface area contributed by atoms with Gasteiger partial charge in [-0.05, 0) is 37.3 Å². The van der Waals surface area contributed by atoms with Gasteiger partial charge in [-0.15, -0.1) is 0 Å². The molecule has 112 valence electrons. The fraction of sp³-hybridized carbons (Fsp3) is 0.133. The molecule has 0 spiro atoms. The first-order valence-corrected chi connectivity index (χ1v) is 6.95. The van der Waals surface area contributed by atoms with E-state index in [-0.39, 0.29) is 17.5 Å². The van der Waals surface area contributed by atoms with Crippen molar-refractivity contribution in [2.75, 3.05) is 10.6 Å². The van der Waals surface area contributed by atoms with Crippen molar-refractivity contribution in [3.63, 3.8) is 0 Å². The Bertz CT molecular complexity index is 763. The number of aromatic nitrogens is 1. The fourth-order valence-electron chi connectivity index (χ4n) is 2.01. The molecule has 0 fully saturated rings. The zero-order chi connectivity index (χ0) is 15.7. The number of hydrogen-bond acceptors (Lipinski definition) is 4. The van der Waals surface area contributed by atoms with Gasteiger partial charge in [-0.3, -0.25) is 14.6 Å². The van der Waals surface area contributed by atoms with Crippen LogP contribution in [0.15, 0.2) is 36.5 Å². The van der Waals surface area contributed by atoms with Gasteiger partial charge in [0.1, 0.15) is 11.4 Å². The summed E-state index contributed by atoms with van der Waals surface area (Å²) in [5.74, 6) is -0.0580. The number of amides is 2. The zero-order valence-electron chi connectivity index (χ0n) is 11.6. The van der Waals surface area contributed by atoms with Gasteiger partial charge >= 0.3 is 0 Å². The number of fused-ring (bicyclic) bond motifs is 1. The van der Waals surface area contributed by atoms with E-state index in [1.807, 2.05) is 0 Å². The topological polar surface area (TPSA) is 80.3 Å². The summed E-state index contributed by atoms with van der Waals surface area (Å²) in [7, 11) is 0. The molecule has 1 aliphatic rings. The molecule has 22 heavy (non-hydrogen) atoms. The van der Waals surface area contributed by atoms with E-state index in [2.05, 4.69) is 15.6 Å². The second-order valence-corrected chi connectivity index (χ2v) is 5.21. The van der Waals surface area contributed by atoms with Crippen LogP contribution in [0.3, 0.4) is 0 Å². The Labute approximate surface area is 131 Å². The van der Waals surface area contributed by atoms with E-state index in [9.17, 15) is 9.59 Å². The Morgan fingerprint density at radius 3 is 2.95 bits per heavy atom. The summed E-state index contributed by atoms with van der Waals surface area (Å²) in [6, 6.07) is 8.06. The van der Waals surface area contributed by atoms with Gasteiger partial charge in [0.2, 0.25) is 0 Å². The molecule has 2 heterocycles. The smallest absolute Gasteiger partial charge is 0.274 e. The molecule has 2 N–H and O–H groups in total. The summed E-state index contributed by atoms with van der Waals surface area (Å²) >= 11 is 5.83. The largest absolute Gasteiger partial charge is 0.479 e. The van der Waals surface area contributed by atoms with Crippen molar-refractivity contribution in [3.8, 4) is 5.75 Å². The van der Waals surface area contributed by atoms with Crippen LogP contribution in [-0.4, -0.2) is 22.9 Å². The standard InChI is InChI=1S/C15H12ClN3O3/c1-8-14(20)19-11-7-10(2-3-13(11)22-8)18-15(21)12-6-9(16)4-5-17-12/h2-8H,1H3,(H,18,21)(H,19,20). The summed E-state index contributed by atoms with van der Waals surface area (Å²) in [6.45, 7) is 1.67. The molecule has 0 aliphatic carbocycles. The first-order valence-electron chi connectivity index (χ1n) is 6.57. The normalized spacial score (nSPS) is 16.3. The Balaban J connectivity index is 1.80. The van der Waals surface area contributed by atoms with E-state index in [4.69, 9.17) is 16.3 Å². The van der Waals surface area contributed by atoms with E-state index >= 15 is 0 Å². The number of pyridine rings is 1. The van der Waals surface area contributed by atoms with E-state index in [1.54, 1.807) is 31.2 Å². The zero-order valence-corrected chi connectivity index (χ0v) is 12.3. The summed E-state index contributed by atoms with van der Waals surface area (Å²) in [6.07, 6.45) is 0.920. The van der Waals surface area contributed by atoms with Crippen molar-refractivity contribution < 1.29 is 14.3 Å². The number of rotatable bonds is 2. The van der Waals surface area contributed by atoms with Crippen LogP contribution in [0.25, 0.3) is 0 Å². The highest BCUT2D eigenvalue weighted by molar-refractivity contribution is 6.31. The fourth-order valence-corrected chi connectivity index (χ4v) is 2.17. The predicted molar refractivity (Wildman–Crippen MR) is 82.4 cm³/mol. The highest BCUT2D eigenvalue weighted by atomic mass is 35.5. The summed E-state index contributed by atoms with van der Waals surface area (Å²) < 4.78 is 5.45. The van der Waals surface area contributed by atoms with Gasteiger partial charge < -0.3 is 15.4 Å². The van der Waals surface area contributed by atoms with Crippen molar-refractivity contribution >= 4 is 34.8 Å². The molecule has 1 unspecified atom stereocenters. The van der Waals surface area contributed by atoms with Gasteiger partial charge in [-0.2, -0.15) is 0 Å². The third kappa shape index (κ3) is 2.87. The molecular formula is C15H12ClN3O3. The lowest BCUT2D eigenvalue weighted by molar-refractivity contribution is -0.122. The number of benzene rings is 1. The molecule has 2 aromatic rings. The van der Waals surface area contributed by atoms with Crippen molar-refractivity contribution in [2.45, 2.75) is 13.0 Å². The maximum absolute atomic E-state index is 12.1. The van der Waals surface area contributed by atoms with Crippen LogP contribution in [0.5, 0.6) is 5.75 Å². The van der Waals surface area contributed by atoms with Gasteiger partial charge in [0.25, 0.3) is 11.8 Å². The Morgan fingerprint density at radius 1 is 1.36 bits per heavy atom. The molecule has 0 saturated carbocycles. The lowest BCUT2D eigenvalue weighted by Gasteiger charge is -2.23. The van der Waals surface area contributed by atoms with Gasteiger partial charge in [0, 0.05) is 16.9 Å². The first-order chi connectivity index (χ1) is 10.5. The van der Waals surface area contributed by atoms with E-state index < -0.39 is 6.10 Å². The molecule has 0 bridgehead atoms. The maximum Gasteiger partial charge on any atom is 0.274 e. The first kappa shape index (κ1) is 14.3. The average Bonchev–Trinajstić information content (AvgIpc) is 2.49. The second kappa shape index (κ2) is 5.65. The minimum Gasteiger partial charge on any atom is -0.479 e. The monoisotopic (exact) mass is 317 g/mol. The van der Waals surface area contributed by atoms with Crippen LogP contribution >= 0.6 is 11.6 Å². The summed E-state index contributed by atoms with van der Waals surface area (Å²) in [5.41, 5.74) is 1.24. The number of anilines is 2. The van der Waals surface area contributed by atoms with Crippen LogP contribution in [0.1, 0.15) is 17.4 Å². The maximum atomic E-state index is 12.1. The molecule has 3 rings (SSSR count). The highest BCUT2D eigenvalue weighted by Gasteiger charge is 2.23. The number of halogens is 1. The average molecular weight is 318 g/mol. The number of nitrogens with zero attached hydrogens (tertiary/aromatic N) is 1. The Hall–Kier alpha value is -2.60. The molecule has 1 aliphatic heterocycles. The van der Waals surface area contributed by atoms with Crippen molar-refractivity contribution in [1.29, 1.82) is 0 Å². The van der Waals surface area contributed by atoms with Gasteiger partial charge in [0.05, 0.1) is 5.69 Å². The SMILES string of the molecule is CC1Oc2ccc(NC(=O)c3cc(Cl)ccn3)cc2NC1=O. The number of carbonyl (C=O) groups excluding carboxylic acids is 2. The number of ether oxygens (including phenoxy) is 1. The third-order valence-corrected chi connectivity index (χ3v) is 3.36. The number of hydrogen-bond donors (Lipinski definition) is 2. The van der Waals surface area contributed by atoms with E-state index in [1.165, 1.54) is 12.3 Å². The minimum atomic E-state index is -0.538. The van der Waals surface area contributed by atoms with Gasteiger partial charge in [0.15, 0.2) is 6.10 Å². The summed E-state index contributed by atoms with van der Waals surface area (Å²) in [4.78, 5) is 27.7. The molecular weight excluding hydrogens is 306 g/mol. The Morgan fingerprint density at radius 2 is 2.18 bits per heavy atom. The molecule has 6 nitrogen and oxygen atoms in total. The lowest BCUT2D eigenvalue weighted by atomic mass is 10.2. The second-order valence-electron chi connectivity index (χ2n) is 4.77. The van der Waals surface area contributed by atoms with Crippen LogP contribution in [-0.2, 0) is 4.79 Å². The number of nitrogens with one attached hydrogen (secondary N) is 2. The molecule has 0 radical (unpaired) electrons. The molecule has 7 heteroatoms. The molecule has 1 atom stereocenters. The van der Waals surface area contributed by atoms with Crippen LogP contribution < -0.4 is 15.4 Å². The number of carbonyl (C=O) groups is 2. The minimum absolute atomic E-state index is 0.208. The van der Waals surface area contributed by atoms with Gasteiger partial charge in [-0.1, -0.05) is 11.6 Å². The highest BCUT2D eigenvalue weighted by Crippen LogP contribution is 2.32. The Kier molecular flexibility index (Phi) is 3.68. The van der Waals surface area contributed by atoms with E-state index in [0.29, 0.717) is 22.1 Å².